The van der Waals surface area contributed by atoms with E-state index in [0.717, 1.165) is 22.6 Å². The Morgan fingerprint density at radius 3 is 2.14 bits per heavy atom. The average molecular weight is 569 g/mol. The van der Waals surface area contributed by atoms with Gasteiger partial charge in [-0.1, -0.05) is 42.5 Å². The molecule has 4 aromatic rings. The van der Waals surface area contributed by atoms with Crippen LogP contribution in [0.4, 0.5) is 10.5 Å². The number of methoxy groups -OCH3 is 2. The SMILES string of the molecule is CCOc1ccccc1NC(=O)N1CCN(C(=O)c2cc(-c3ccccc3)n(-c3ccc(OC)c(OC)c3)c2C)CC1. The van der Waals surface area contributed by atoms with Gasteiger partial charge >= 0.3 is 6.03 Å². The number of rotatable bonds is 8. The summed E-state index contributed by atoms with van der Waals surface area (Å²) in [5.74, 6) is 1.80. The molecule has 5 rings (SSSR count). The second kappa shape index (κ2) is 12.7. The highest BCUT2D eigenvalue weighted by Gasteiger charge is 2.28. The minimum absolute atomic E-state index is 0.0642. The quantitative estimate of drug-likeness (QED) is 0.288. The minimum atomic E-state index is -0.212. The first-order valence-electron chi connectivity index (χ1n) is 14.0. The van der Waals surface area contributed by atoms with E-state index in [0.29, 0.717) is 61.3 Å². The summed E-state index contributed by atoms with van der Waals surface area (Å²) >= 11 is 0. The monoisotopic (exact) mass is 568 g/mol. The van der Waals surface area contributed by atoms with Crippen LogP contribution in [0.1, 0.15) is 23.0 Å². The fourth-order valence-electron chi connectivity index (χ4n) is 5.27. The number of hydrogen-bond acceptors (Lipinski definition) is 5. The first kappa shape index (κ1) is 28.6. The summed E-state index contributed by atoms with van der Waals surface area (Å²) in [6.45, 7) is 6.08. The molecule has 9 nitrogen and oxygen atoms in total. The van der Waals surface area contributed by atoms with Gasteiger partial charge in [0.15, 0.2) is 11.5 Å². The van der Waals surface area contributed by atoms with Gasteiger partial charge in [-0.05, 0) is 49.7 Å². The van der Waals surface area contributed by atoms with Crippen molar-refractivity contribution < 1.29 is 23.8 Å². The molecule has 9 heteroatoms. The number of hydrogen-bond donors (Lipinski definition) is 1. The van der Waals surface area contributed by atoms with Gasteiger partial charge in [0, 0.05) is 43.6 Å². The molecule has 0 radical (unpaired) electrons. The van der Waals surface area contributed by atoms with E-state index in [-0.39, 0.29) is 11.9 Å². The zero-order valence-corrected chi connectivity index (χ0v) is 24.4. The van der Waals surface area contributed by atoms with Gasteiger partial charge in [0.2, 0.25) is 0 Å². The lowest BCUT2D eigenvalue weighted by atomic mass is 10.1. The number of aromatic nitrogens is 1. The van der Waals surface area contributed by atoms with Crippen molar-refractivity contribution in [2.45, 2.75) is 13.8 Å². The summed E-state index contributed by atoms with van der Waals surface area (Å²) in [6, 6.07) is 24.8. The summed E-state index contributed by atoms with van der Waals surface area (Å²) in [5, 5.41) is 2.95. The van der Waals surface area contributed by atoms with Crippen LogP contribution in [0.3, 0.4) is 0 Å². The first-order valence-corrected chi connectivity index (χ1v) is 14.0. The number of para-hydroxylation sites is 2. The number of carbonyl (C=O) groups excluding carboxylic acids is 2. The van der Waals surface area contributed by atoms with Crippen LogP contribution in [0.2, 0.25) is 0 Å². The van der Waals surface area contributed by atoms with Crippen molar-refractivity contribution in [3.05, 3.63) is 90.1 Å². The van der Waals surface area contributed by atoms with E-state index in [9.17, 15) is 9.59 Å². The second-order valence-corrected chi connectivity index (χ2v) is 9.91. The van der Waals surface area contributed by atoms with Gasteiger partial charge in [0.25, 0.3) is 5.91 Å². The highest BCUT2D eigenvalue weighted by molar-refractivity contribution is 5.98. The predicted octanol–water partition coefficient (Wildman–Crippen LogP) is 5.86. The van der Waals surface area contributed by atoms with Crippen molar-refractivity contribution in [2.24, 2.45) is 0 Å². The molecule has 3 amide bonds. The average Bonchev–Trinajstić information content (AvgIpc) is 3.38. The summed E-state index contributed by atoms with van der Waals surface area (Å²) in [6.07, 6.45) is 0. The molecule has 2 heterocycles. The molecule has 1 aliphatic heterocycles. The van der Waals surface area contributed by atoms with Gasteiger partial charge < -0.3 is 33.9 Å². The van der Waals surface area contributed by atoms with Crippen LogP contribution < -0.4 is 19.5 Å². The predicted molar refractivity (Wildman–Crippen MR) is 163 cm³/mol. The van der Waals surface area contributed by atoms with E-state index in [4.69, 9.17) is 14.2 Å². The van der Waals surface area contributed by atoms with Gasteiger partial charge in [-0.3, -0.25) is 4.79 Å². The van der Waals surface area contributed by atoms with Gasteiger partial charge in [0.1, 0.15) is 5.75 Å². The maximum absolute atomic E-state index is 13.9. The minimum Gasteiger partial charge on any atom is -0.493 e. The lowest BCUT2D eigenvalue weighted by molar-refractivity contribution is 0.0671. The molecule has 3 aromatic carbocycles. The molecule has 1 aromatic heterocycles. The van der Waals surface area contributed by atoms with Crippen LogP contribution in [0.25, 0.3) is 16.9 Å². The third kappa shape index (κ3) is 5.76. The number of nitrogens with zero attached hydrogens (tertiary/aromatic N) is 3. The molecule has 0 unspecified atom stereocenters. The van der Waals surface area contributed by atoms with E-state index in [1.165, 1.54) is 0 Å². The Kier molecular flexibility index (Phi) is 8.66. The van der Waals surface area contributed by atoms with E-state index in [2.05, 4.69) is 9.88 Å². The lowest BCUT2D eigenvalue weighted by Gasteiger charge is -2.34. The van der Waals surface area contributed by atoms with Crippen molar-refractivity contribution in [2.75, 3.05) is 52.3 Å². The zero-order valence-electron chi connectivity index (χ0n) is 24.4. The zero-order chi connectivity index (χ0) is 29.6. The summed E-state index contributed by atoms with van der Waals surface area (Å²) in [4.78, 5) is 30.4. The number of amides is 3. The van der Waals surface area contributed by atoms with Crippen LogP contribution in [0.5, 0.6) is 17.2 Å². The molecule has 0 aliphatic carbocycles. The second-order valence-electron chi connectivity index (χ2n) is 9.91. The third-order valence-corrected chi connectivity index (χ3v) is 7.46. The summed E-state index contributed by atoms with van der Waals surface area (Å²) < 4.78 is 18.7. The van der Waals surface area contributed by atoms with E-state index >= 15 is 0 Å². The van der Waals surface area contributed by atoms with Crippen molar-refractivity contribution in [1.82, 2.24) is 14.4 Å². The van der Waals surface area contributed by atoms with Crippen LogP contribution in [-0.2, 0) is 0 Å². The van der Waals surface area contributed by atoms with Crippen molar-refractivity contribution in [3.8, 4) is 34.2 Å². The van der Waals surface area contributed by atoms with E-state index in [1.54, 1.807) is 19.1 Å². The number of carbonyl (C=O) groups is 2. The molecule has 1 saturated heterocycles. The van der Waals surface area contributed by atoms with Crippen molar-refractivity contribution in [1.29, 1.82) is 0 Å². The number of urea groups is 1. The number of nitrogens with one attached hydrogen (secondary N) is 1. The topological polar surface area (TPSA) is 85.3 Å². The summed E-state index contributed by atoms with van der Waals surface area (Å²) in [7, 11) is 3.21. The van der Waals surface area contributed by atoms with Gasteiger partial charge in [-0.2, -0.15) is 0 Å². The maximum atomic E-state index is 13.9. The number of benzene rings is 3. The number of ether oxygens (including phenoxy) is 3. The Balaban J connectivity index is 1.37. The highest BCUT2D eigenvalue weighted by atomic mass is 16.5. The fraction of sp³-hybridized carbons (Fsp3) is 0.273. The van der Waals surface area contributed by atoms with E-state index in [1.807, 2.05) is 97.6 Å². The third-order valence-electron chi connectivity index (χ3n) is 7.46. The standard InChI is InChI=1S/C33H36N4O5/c1-5-42-29-14-10-9-13-27(29)34-33(39)36-19-17-35(18-20-36)32(38)26-22-28(24-11-7-6-8-12-24)37(23(26)2)25-15-16-30(40-3)31(21-25)41-4/h6-16,21-22H,5,17-20H2,1-4H3,(H,34,39). The van der Waals surface area contributed by atoms with E-state index < -0.39 is 0 Å². The molecule has 1 N–H and O–H groups in total. The molecular weight excluding hydrogens is 532 g/mol. The van der Waals surface area contributed by atoms with Crippen molar-refractivity contribution >= 4 is 17.6 Å². The Bertz CT molecular complexity index is 1560. The highest BCUT2D eigenvalue weighted by Crippen LogP contribution is 2.35. The maximum Gasteiger partial charge on any atom is 0.322 e. The van der Waals surface area contributed by atoms with Crippen LogP contribution in [-0.4, -0.2) is 73.3 Å². The lowest BCUT2D eigenvalue weighted by Crippen LogP contribution is -2.51. The molecular formula is C33H36N4O5. The molecule has 1 aliphatic rings. The Morgan fingerprint density at radius 1 is 0.786 bits per heavy atom. The van der Waals surface area contributed by atoms with Gasteiger partial charge in [-0.25, -0.2) is 4.79 Å². The van der Waals surface area contributed by atoms with Crippen LogP contribution in [0, 0.1) is 6.92 Å². The Hall–Kier alpha value is -4.92. The molecule has 0 saturated carbocycles. The molecule has 0 bridgehead atoms. The normalized spacial score (nSPS) is 13.0. The molecule has 42 heavy (non-hydrogen) atoms. The largest absolute Gasteiger partial charge is 0.493 e. The molecule has 218 valence electrons. The molecule has 0 atom stereocenters. The first-order chi connectivity index (χ1) is 20.4. The summed E-state index contributed by atoms with van der Waals surface area (Å²) in [5.41, 5.74) is 4.81. The smallest absolute Gasteiger partial charge is 0.322 e. The van der Waals surface area contributed by atoms with Gasteiger partial charge in [-0.15, -0.1) is 0 Å². The number of anilines is 1. The molecule has 0 spiro atoms. The van der Waals surface area contributed by atoms with Gasteiger partial charge in [0.05, 0.1) is 37.8 Å². The Labute approximate surface area is 246 Å². The fourth-order valence-corrected chi connectivity index (χ4v) is 5.27. The van der Waals surface area contributed by atoms with Crippen molar-refractivity contribution in [3.63, 3.8) is 0 Å². The molecule has 1 fully saturated rings. The van der Waals surface area contributed by atoms with Crippen LogP contribution in [0.15, 0.2) is 78.9 Å². The Morgan fingerprint density at radius 2 is 1.45 bits per heavy atom. The number of piperazine rings is 1. The van der Waals surface area contributed by atoms with Crippen LogP contribution >= 0.6 is 0 Å².